The van der Waals surface area contributed by atoms with Crippen LogP contribution in [0.1, 0.15) is 49.0 Å². The SMILES string of the molecule is CCCOc1cc2c(cc1OCCC)C(=O)C(C(=O)OC)CC2. The zero-order chi connectivity index (χ0) is 16.8. The second kappa shape index (κ2) is 7.99. The number of benzene rings is 1. The van der Waals surface area contributed by atoms with E-state index in [-0.39, 0.29) is 5.78 Å². The number of ether oxygens (including phenoxy) is 3. The van der Waals surface area contributed by atoms with Gasteiger partial charge in [-0.25, -0.2) is 0 Å². The van der Waals surface area contributed by atoms with Gasteiger partial charge in [0, 0.05) is 5.56 Å². The molecule has 0 fully saturated rings. The summed E-state index contributed by atoms with van der Waals surface area (Å²) >= 11 is 0. The maximum absolute atomic E-state index is 12.6. The van der Waals surface area contributed by atoms with Gasteiger partial charge >= 0.3 is 5.97 Å². The molecule has 0 spiro atoms. The minimum atomic E-state index is -0.714. The number of hydrogen-bond acceptors (Lipinski definition) is 5. The van der Waals surface area contributed by atoms with Crippen molar-refractivity contribution in [3.63, 3.8) is 0 Å². The van der Waals surface area contributed by atoms with E-state index in [0.29, 0.717) is 43.1 Å². The molecule has 5 heteroatoms. The number of fused-ring (bicyclic) bond motifs is 1. The molecular formula is C18H24O5. The first-order chi connectivity index (χ1) is 11.1. The van der Waals surface area contributed by atoms with E-state index < -0.39 is 11.9 Å². The highest BCUT2D eigenvalue weighted by Crippen LogP contribution is 2.36. The molecule has 1 aliphatic rings. The van der Waals surface area contributed by atoms with Crippen molar-refractivity contribution in [3.05, 3.63) is 23.3 Å². The van der Waals surface area contributed by atoms with Gasteiger partial charge in [-0.3, -0.25) is 9.59 Å². The fourth-order valence-electron chi connectivity index (χ4n) is 2.67. The minimum Gasteiger partial charge on any atom is -0.490 e. The summed E-state index contributed by atoms with van der Waals surface area (Å²) in [7, 11) is 1.31. The van der Waals surface area contributed by atoms with Gasteiger partial charge < -0.3 is 14.2 Å². The molecule has 0 saturated heterocycles. The fraction of sp³-hybridized carbons (Fsp3) is 0.556. The van der Waals surface area contributed by atoms with Crippen molar-refractivity contribution in [1.82, 2.24) is 0 Å². The van der Waals surface area contributed by atoms with Crippen molar-refractivity contribution in [2.24, 2.45) is 5.92 Å². The van der Waals surface area contributed by atoms with Crippen LogP contribution in [0.3, 0.4) is 0 Å². The van der Waals surface area contributed by atoms with E-state index in [9.17, 15) is 9.59 Å². The highest BCUT2D eigenvalue weighted by Gasteiger charge is 2.34. The molecule has 0 N–H and O–H groups in total. The zero-order valence-corrected chi connectivity index (χ0v) is 14.0. The average molecular weight is 320 g/mol. The largest absolute Gasteiger partial charge is 0.490 e. The lowest BCUT2D eigenvalue weighted by molar-refractivity contribution is -0.143. The van der Waals surface area contributed by atoms with Gasteiger partial charge in [-0.05, 0) is 43.4 Å². The first-order valence-electron chi connectivity index (χ1n) is 8.16. The Morgan fingerprint density at radius 1 is 1.13 bits per heavy atom. The Labute approximate surface area is 136 Å². The third-order valence-electron chi connectivity index (χ3n) is 3.86. The van der Waals surface area contributed by atoms with Crippen molar-refractivity contribution in [3.8, 4) is 11.5 Å². The highest BCUT2D eigenvalue weighted by molar-refractivity contribution is 6.10. The molecule has 1 aromatic carbocycles. The van der Waals surface area contributed by atoms with Gasteiger partial charge in [0.2, 0.25) is 0 Å². The standard InChI is InChI=1S/C18H24O5/c1-4-8-22-15-10-12-6-7-13(18(20)21-3)17(19)14(12)11-16(15)23-9-5-2/h10-11,13H,4-9H2,1-3H3. The smallest absolute Gasteiger partial charge is 0.316 e. The van der Waals surface area contributed by atoms with Gasteiger partial charge in [0.15, 0.2) is 17.3 Å². The van der Waals surface area contributed by atoms with Crippen molar-refractivity contribution in [1.29, 1.82) is 0 Å². The molecule has 0 amide bonds. The number of methoxy groups -OCH3 is 1. The zero-order valence-electron chi connectivity index (χ0n) is 14.0. The van der Waals surface area contributed by atoms with Crippen LogP contribution in [0.4, 0.5) is 0 Å². The number of Topliss-reactive ketones (excluding diaryl/α,β-unsaturated/α-hetero) is 1. The summed E-state index contributed by atoms with van der Waals surface area (Å²) in [6.45, 7) is 5.20. The van der Waals surface area contributed by atoms with Crippen molar-refractivity contribution < 1.29 is 23.8 Å². The van der Waals surface area contributed by atoms with Crippen molar-refractivity contribution >= 4 is 11.8 Å². The van der Waals surface area contributed by atoms with Gasteiger partial charge in [0.25, 0.3) is 0 Å². The Balaban J connectivity index is 2.34. The van der Waals surface area contributed by atoms with Crippen molar-refractivity contribution in [2.45, 2.75) is 39.5 Å². The molecular weight excluding hydrogens is 296 g/mol. The van der Waals surface area contributed by atoms with E-state index in [2.05, 4.69) is 0 Å². The molecule has 5 nitrogen and oxygen atoms in total. The average Bonchev–Trinajstić information content (AvgIpc) is 2.57. The number of carbonyl (C=O) groups is 2. The number of hydrogen-bond donors (Lipinski definition) is 0. The molecule has 1 aromatic rings. The number of carbonyl (C=O) groups excluding carboxylic acids is 2. The van der Waals surface area contributed by atoms with Crippen LogP contribution in [0.15, 0.2) is 12.1 Å². The maximum Gasteiger partial charge on any atom is 0.316 e. The Kier molecular flexibility index (Phi) is 6.02. The highest BCUT2D eigenvalue weighted by atomic mass is 16.5. The number of aryl methyl sites for hydroxylation is 1. The number of rotatable bonds is 7. The topological polar surface area (TPSA) is 61.8 Å². The van der Waals surface area contributed by atoms with Crippen LogP contribution < -0.4 is 9.47 Å². The third-order valence-corrected chi connectivity index (χ3v) is 3.86. The molecule has 1 atom stereocenters. The molecule has 23 heavy (non-hydrogen) atoms. The molecule has 0 heterocycles. The Morgan fingerprint density at radius 3 is 2.30 bits per heavy atom. The van der Waals surface area contributed by atoms with E-state index in [1.165, 1.54) is 7.11 Å². The van der Waals surface area contributed by atoms with Crippen LogP contribution in [-0.2, 0) is 16.0 Å². The molecule has 0 aliphatic heterocycles. The van der Waals surface area contributed by atoms with Gasteiger partial charge in [-0.2, -0.15) is 0 Å². The predicted molar refractivity (Wildman–Crippen MR) is 86.2 cm³/mol. The summed E-state index contributed by atoms with van der Waals surface area (Å²) in [4.78, 5) is 24.3. The lowest BCUT2D eigenvalue weighted by Crippen LogP contribution is -2.30. The van der Waals surface area contributed by atoms with E-state index in [1.54, 1.807) is 6.07 Å². The summed E-state index contributed by atoms with van der Waals surface area (Å²) in [6, 6.07) is 3.59. The Morgan fingerprint density at radius 2 is 1.74 bits per heavy atom. The second-order valence-corrected chi connectivity index (χ2v) is 5.63. The summed E-state index contributed by atoms with van der Waals surface area (Å²) in [5.41, 5.74) is 1.45. The molecule has 126 valence electrons. The normalized spacial score (nSPS) is 16.7. The molecule has 1 unspecified atom stereocenters. The van der Waals surface area contributed by atoms with Crippen LogP contribution in [0.5, 0.6) is 11.5 Å². The van der Waals surface area contributed by atoms with Crippen LogP contribution in [0.2, 0.25) is 0 Å². The van der Waals surface area contributed by atoms with E-state index in [4.69, 9.17) is 14.2 Å². The molecule has 0 radical (unpaired) electrons. The molecule has 1 aliphatic carbocycles. The summed E-state index contributed by atoms with van der Waals surface area (Å²) in [6.07, 6.45) is 2.88. The Hall–Kier alpha value is -2.04. The van der Waals surface area contributed by atoms with E-state index in [1.807, 2.05) is 19.9 Å². The van der Waals surface area contributed by atoms with Gasteiger partial charge in [0.05, 0.1) is 20.3 Å². The van der Waals surface area contributed by atoms with Crippen LogP contribution in [0, 0.1) is 5.92 Å². The lowest BCUT2D eigenvalue weighted by atomic mass is 9.82. The van der Waals surface area contributed by atoms with Gasteiger partial charge in [-0.1, -0.05) is 13.8 Å². The monoisotopic (exact) mass is 320 g/mol. The summed E-state index contributed by atoms with van der Waals surface area (Å²) in [5.74, 6) is -0.139. The molecule has 0 aromatic heterocycles. The van der Waals surface area contributed by atoms with Crippen molar-refractivity contribution in [2.75, 3.05) is 20.3 Å². The third kappa shape index (κ3) is 3.84. The van der Waals surface area contributed by atoms with Crippen LogP contribution in [-0.4, -0.2) is 32.1 Å². The molecule has 2 rings (SSSR count). The fourth-order valence-corrected chi connectivity index (χ4v) is 2.67. The second-order valence-electron chi connectivity index (χ2n) is 5.63. The molecule has 0 saturated carbocycles. The number of esters is 1. The van der Waals surface area contributed by atoms with Gasteiger partial charge in [-0.15, -0.1) is 0 Å². The quantitative estimate of drug-likeness (QED) is 0.570. The van der Waals surface area contributed by atoms with Crippen LogP contribution >= 0.6 is 0 Å². The maximum atomic E-state index is 12.6. The molecule has 0 bridgehead atoms. The van der Waals surface area contributed by atoms with Gasteiger partial charge in [0.1, 0.15) is 5.92 Å². The summed E-state index contributed by atoms with van der Waals surface area (Å²) < 4.78 is 16.2. The minimum absolute atomic E-state index is 0.193. The Bertz CT molecular complexity index is 579. The van der Waals surface area contributed by atoms with E-state index >= 15 is 0 Å². The van der Waals surface area contributed by atoms with Crippen LogP contribution in [0.25, 0.3) is 0 Å². The predicted octanol–water partition coefficient (Wildman–Crippen LogP) is 3.18. The summed E-state index contributed by atoms with van der Waals surface area (Å²) in [5, 5.41) is 0. The first kappa shape index (κ1) is 17.3. The first-order valence-corrected chi connectivity index (χ1v) is 8.16. The number of ketones is 1. The van der Waals surface area contributed by atoms with E-state index in [0.717, 1.165) is 18.4 Å². The lowest BCUT2D eigenvalue weighted by Gasteiger charge is -2.23.